The van der Waals surface area contributed by atoms with Gasteiger partial charge in [0.1, 0.15) is 0 Å². The molecule has 2 nitrogen and oxygen atoms in total. The van der Waals surface area contributed by atoms with Gasteiger partial charge in [-0.05, 0) is 31.6 Å². The highest BCUT2D eigenvalue weighted by Gasteiger charge is 2.31. The monoisotopic (exact) mass is 251 g/mol. The lowest BCUT2D eigenvalue weighted by atomic mass is 9.94. The maximum Gasteiger partial charge on any atom is 0.401 e. The predicted octanol–water partition coefficient (Wildman–Crippen LogP) is 2.59. The minimum atomic E-state index is -4.15. The third kappa shape index (κ3) is 6.68. The van der Waals surface area contributed by atoms with E-state index in [1.54, 1.807) is 0 Å². The second kappa shape index (κ2) is 7.01. The Labute approximate surface area is 100 Å². The van der Waals surface area contributed by atoms with E-state index in [1.165, 1.54) is 4.90 Å². The Morgan fingerprint density at radius 1 is 1.29 bits per heavy atom. The van der Waals surface area contributed by atoms with Crippen LogP contribution in [0.15, 0.2) is 12.2 Å². The van der Waals surface area contributed by atoms with Crippen molar-refractivity contribution in [3.63, 3.8) is 0 Å². The summed E-state index contributed by atoms with van der Waals surface area (Å²) in [5.41, 5.74) is 0. The molecule has 1 N–H and O–H groups in total. The normalized spacial score (nSPS) is 21.1. The quantitative estimate of drug-likeness (QED) is 0.733. The summed E-state index contributed by atoms with van der Waals surface area (Å²) in [7, 11) is 0. The Bertz CT molecular complexity index is 240. The van der Waals surface area contributed by atoms with Crippen LogP contribution in [0.1, 0.15) is 25.7 Å². The number of nitrogens with zero attached hydrogens (tertiary/aromatic N) is 1. The number of hydrogen-bond acceptors (Lipinski definition) is 2. The molecule has 0 aliphatic heterocycles. The van der Waals surface area contributed by atoms with E-state index in [0.717, 1.165) is 19.3 Å². The van der Waals surface area contributed by atoms with Gasteiger partial charge in [-0.25, -0.2) is 0 Å². The number of rotatable bonds is 6. The number of hydrogen-bond donors (Lipinski definition) is 1. The lowest BCUT2D eigenvalue weighted by molar-refractivity contribution is -0.147. The minimum Gasteiger partial charge on any atom is -0.396 e. The van der Waals surface area contributed by atoms with Crippen LogP contribution in [0.5, 0.6) is 0 Å². The summed E-state index contributed by atoms with van der Waals surface area (Å²) < 4.78 is 37.1. The van der Waals surface area contributed by atoms with Crippen LogP contribution in [0.25, 0.3) is 0 Å². The van der Waals surface area contributed by atoms with Crippen LogP contribution >= 0.6 is 0 Å². The van der Waals surface area contributed by atoms with Crippen LogP contribution < -0.4 is 0 Å². The molecule has 0 heterocycles. The van der Waals surface area contributed by atoms with E-state index < -0.39 is 12.7 Å². The van der Waals surface area contributed by atoms with Gasteiger partial charge in [-0.2, -0.15) is 13.2 Å². The van der Waals surface area contributed by atoms with Crippen molar-refractivity contribution in [2.24, 2.45) is 5.92 Å². The molecule has 1 unspecified atom stereocenters. The molecule has 100 valence electrons. The molecule has 0 aromatic heterocycles. The molecule has 0 saturated carbocycles. The van der Waals surface area contributed by atoms with Crippen LogP contribution in [0, 0.1) is 5.92 Å². The van der Waals surface area contributed by atoms with E-state index in [4.69, 9.17) is 5.11 Å². The second-order valence-electron chi connectivity index (χ2n) is 4.58. The number of halogens is 3. The number of allylic oxidation sites excluding steroid dienone is 2. The molecule has 1 aliphatic carbocycles. The summed E-state index contributed by atoms with van der Waals surface area (Å²) >= 11 is 0. The first-order valence-corrected chi connectivity index (χ1v) is 6.06. The smallest absolute Gasteiger partial charge is 0.396 e. The molecule has 5 heteroatoms. The van der Waals surface area contributed by atoms with Crippen molar-refractivity contribution in [2.75, 3.05) is 26.2 Å². The molecule has 0 bridgehead atoms. The fraction of sp³-hybridized carbons (Fsp3) is 0.833. The molecule has 0 fully saturated rings. The summed E-state index contributed by atoms with van der Waals surface area (Å²) in [6, 6.07) is 0. The van der Waals surface area contributed by atoms with Gasteiger partial charge in [-0.3, -0.25) is 4.90 Å². The van der Waals surface area contributed by atoms with E-state index in [1.807, 2.05) is 6.08 Å². The first kappa shape index (κ1) is 14.5. The largest absolute Gasteiger partial charge is 0.401 e. The van der Waals surface area contributed by atoms with Crippen LogP contribution in [0.2, 0.25) is 0 Å². The molecule has 17 heavy (non-hydrogen) atoms. The van der Waals surface area contributed by atoms with E-state index >= 15 is 0 Å². The van der Waals surface area contributed by atoms with Gasteiger partial charge in [-0.1, -0.05) is 12.2 Å². The third-order valence-electron chi connectivity index (χ3n) is 2.93. The van der Waals surface area contributed by atoms with E-state index in [0.29, 0.717) is 25.4 Å². The number of alkyl halides is 3. The van der Waals surface area contributed by atoms with Crippen molar-refractivity contribution >= 4 is 0 Å². The summed E-state index contributed by atoms with van der Waals surface area (Å²) in [4.78, 5) is 1.42. The number of aliphatic hydroxyl groups is 1. The minimum absolute atomic E-state index is 0.0566. The average Bonchev–Trinajstić information content (AvgIpc) is 2.25. The first-order valence-electron chi connectivity index (χ1n) is 6.06. The van der Waals surface area contributed by atoms with Crippen LogP contribution in [0.3, 0.4) is 0 Å². The molecule has 0 spiro atoms. The highest BCUT2D eigenvalue weighted by Crippen LogP contribution is 2.22. The molecule has 1 rings (SSSR count). The standard InChI is InChI=1S/C12H20F3NO/c13-12(14,15)10-16(7-4-8-17)9-11-5-2-1-3-6-11/h1-2,11,17H,3-10H2. The molecule has 0 radical (unpaired) electrons. The third-order valence-corrected chi connectivity index (χ3v) is 2.93. The molecule has 1 atom stereocenters. The molecular formula is C12H20F3NO. The topological polar surface area (TPSA) is 23.5 Å². The maximum atomic E-state index is 12.4. The van der Waals surface area contributed by atoms with Crippen LogP contribution in [-0.4, -0.2) is 42.4 Å². The zero-order valence-corrected chi connectivity index (χ0v) is 9.92. The molecule has 0 aromatic carbocycles. The SMILES string of the molecule is OCCCN(CC1CC=CCC1)CC(F)(F)F. The molecule has 1 aliphatic rings. The van der Waals surface area contributed by atoms with Gasteiger partial charge < -0.3 is 5.11 Å². The zero-order chi connectivity index (χ0) is 12.7. The predicted molar refractivity (Wildman–Crippen MR) is 60.7 cm³/mol. The average molecular weight is 251 g/mol. The molecular weight excluding hydrogens is 231 g/mol. The van der Waals surface area contributed by atoms with E-state index in [9.17, 15) is 13.2 Å². The summed E-state index contributed by atoms with van der Waals surface area (Å²) in [5, 5.41) is 8.70. The molecule has 0 saturated heterocycles. The Hall–Kier alpha value is -0.550. The summed E-state index contributed by atoms with van der Waals surface area (Å²) in [6.45, 7) is -0.133. The lowest BCUT2D eigenvalue weighted by Crippen LogP contribution is -2.38. The van der Waals surface area contributed by atoms with Gasteiger partial charge in [0.15, 0.2) is 0 Å². The fourth-order valence-electron chi connectivity index (χ4n) is 2.17. The van der Waals surface area contributed by atoms with Crippen molar-refractivity contribution in [3.05, 3.63) is 12.2 Å². The van der Waals surface area contributed by atoms with E-state index in [2.05, 4.69) is 6.08 Å². The lowest BCUT2D eigenvalue weighted by Gasteiger charge is -2.28. The Kier molecular flexibility index (Phi) is 5.98. The summed E-state index contributed by atoms with van der Waals surface area (Å²) in [6.07, 6.45) is 3.17. The number of aliphatic hydroxyl groups excluding tert-OH is 1. The molecule has 0 amide bonds. The first-order chi connectivity index (χ1) is 8.01. The van der Waals surface area contributed by atoms with Gasteiger partial charge in [0.2, 0.25) is 0 Å². The van der Waals surface area contributed by atoms with Gasteiger partial charge >= 0.3 is 6.18 Å². The summed E-state index contributed by atoms with van der Waals surface area (Å²) in [5.74, 6) is 0.320. The van der Waals surface area contributed by atoms with Crippen molar-refractivity contribution in [1.82, 2.24) is 4.90 Å². The maximum absolute atomic E-state index is 12.4. The fourth-order valence-corrected chi connectivity index (χ4v) is 2.17. The molecule has 0 aromatic rings. The van der Waals surface area contributed by atoms with Crippen molar-refractivity contribution in [3.8, 4) is 0 Å². The zero-order valence-electron chi connectivity index (χ0n) is 9.92. The highest BCUT2D eigenvalue weighted by molar-refractivity contribution is 4.91. The van der Waals surface area contributed by atoms with Gasteiger partial charge in [0, 0.05) is 19.7 Å². The van der Waals surface area contributed by atoms with Gasteiger partial charge in [0.05, 0.1) is 6.54 Å². The van der Waals surface area contributed by atoms with Crippen molar-refractivity contribution in [2.45, 2.75) is 31.9 Å². The second-order valence-corrected chi connectivity index (χ2v) is 4.58. The Morgan fingerprint density at radius 2 is 2.06 bits per heavy atom. The van der Waals surface area contributed by atoms with Gasteiger partial charge in [0.25, 0.3) is 0 Å². The van der Waals surface area contributed by atoms with Crippen molar-refractivity contribution in [1.29, 1.82) is 0 Å². The highest BCUT2D eigenvalue weighted by atomic mass is 19.4. The van der Waals surface area contributed by atoms with E-state index in [-0.39, 0.29) is 6.61 Å². The Balaban J connectivity index is 2.41. The Morgan fingerprint density at radius 3 is 2.59 bits per heavy atom. The van der Waals surface area contributed by atoms with Crippen LogP contribution in [-0.2, 0) is 0 Å². The van der Waals surface area contributed by atoms with Gasteiger partial charge in [-0.15, -0.1) is 0 Å². The van der Waals surface area contributed by atoms with Crippen LogP contribution in [0.4, 0.5) is 13.2 Å². The van der Waals surface area contributed by atoms with Crippen molar-refractivity contribution < 1.29 is 18.3 Å².